The Hall–Kier alpha value is -2.20. The van der Waals surface area contributed by atoms with Crippen molar-refractivity contribution in [3.8, 4) is 0 Å². The lowest BCUT2D eigenvalue weighted by Crippen LogP contribution is -2.48. The third-order valence-electron chi connectivity index (χ3n) is 3.40. The van der Waals surface area contributed by atoms with Gasteiger partial charge in [0.05, 0.1) is 11.5 Å². The highest BCUT2D eigenvalue weighted by Gasteiger charge is 2.54. The standard InChI is InChI=1S/C14H18N2O7S/c1-13(2,3)23-12(17)15-14(4,9-22-24(15,20)21)10-6-5-7-11(8-10)16(18)19/h5-8H,9H2,1-4H3. The first-order valence-corrected chi connectivity index (χ1v) is 8.41. The third kappa shape index (κ3) is 3.34. The summed E-state index contributed by atoms with van der Waals surface area (Å²) in [6.45, 7) is 5.87. The zero-order chi connectivity index (χ0) is 18.3. The molecule has 1 heterocycles. The Balaban J connectivity index is 2.52. The largest absolute Gasteiger partial charge is 0.443 e. The van der Waals surface area contributed by atoms with Gasteiger partial charge in [-0.25, -0.2) is 4.79 Å². The van der Waals surface area contributed by atoms with Gasteiger partial charge in [0.1, 0.15) is 11.1 Å². The van der Waals surface area contributed by atoms with Gasteiger partial charge in [-0.15, -0.1) is 0 Å². The number of benzene rings is 1. The lowest BCUT2D eigenvalue weighted by Gasteiger charge is -2.32. The molecule has 1 aliphatic heterocycles. The average Bonchev–Trinajstić information content (AvgIpc) is 2.68. The molecule has 0 N–H and O–H groups in total. The molecule has 10 heteroatoms. The van der Waals surface area contributed by atoms with Crippen molar-refractivity contribution in [2.45, 2.75) is 38.8 Å². The maximum atomic E-state index is 12.4. The molecule has 2 rings (SSSR count). The van der Waals surface area contributed by atoms with Crippen LogP contribution in [0.15, 0.2) is 24.3 Å². The number of carbonyl (C=O) groups is 1. The number of amides is 1. The average molecular weight is 358 g/mol. The highest BCUT2D eigenvalue weighted by Crippen LogP contribution is 2.39. The van der Waals surface area contributed by atoms with E-state index in [0.717, 1.165) is 0 Å². The molecule has 1 aromatic carbocycles. The fourth-order valence-corrected chi connectivity index (χ4v) is 3.65. The Labute approximate surface area is 139 Å². The van der Waals surface area contributed by atoms with Gasteiger partial charge < -0.3 is 4.74 Å². The van der Waals surface area contributed by atoms with Gasteiger partial charge in [0.25, 0.3) is 5.69 Å². The van der Waals surface area contributed by atoms with E-state index in [4.69, 9.17) is 8.92 Å². The molecular weight excluding hydrogens is 340 g/mol. The Morgan fingerprint density at radius 1 is 1.42 bits per heavy atom. The first kappa shape index (κ1) is 18.1. The Morgan fingerprint density at radius 3 is 2.58 bits per heavy atom. The van der Waals surface area contributed by atoms with Crippen LogP contribution in [0, 0.1) is 10.1 Å². The topological polar surface area (TPSA) is 116 Å². The van der Waals surface area contributed by atoms with Crippen LogP contribution in [0.2, 0.25) is 0 Å². The number of rotatable bonds is 2. The first-order valence-electron chi connectivity index (χ1n) is 7.04. The smallest absolute Gasteiger partial charge is 0.426 e. The Morgan fingerprint density at radius 2 is 2.04 bits per heavy atom. The van der Waals surface area contributed by atoms with Crippen LogP contribution in [0.3, 0.4) is 0 Å². The highest BCUT2D eigenvalue weighted by atomic mass is 32.2. The van der Waals surface area contributed by atoms with E-state index in [0.29, 0.717) is 4.31 Å². The van der Waals surface area contributed by atoms with E-state index in [2.05, 4.69) is 0 Å². The molecule has 0 radical (unpaired) electrons. The van der Waals surface area contributed by atoms with Crippen molar-refractivity contribution < 1.29 is 27.1 Å². The van der Waals surface area contributed by atoms with Gasteiger partial charge in [0, 0.05) is 12.1 Å². The molecule has 1 amide bonds. The molecule has 1 saturated heterocycles. The van der Waals surface area contributed by atoms with Gasteiger partial charge in [-0.3, -0.25) is 14.3 Å². The van der Waals surface area contributed by atoms with E-state index < -0.39 is 32.5 Å². The molecule has 0 bridgehead atoms. The second-order valence-corrected chi connectivity index (χ2v) is 8.00. The summed E-state index contributed by atoms with van der Waals surface area (Å²) in [5.41, 5.74) is -2.34. The number of nitrogens with zero attached hydrogens (tertiary/aromatic N) is 2. The van der Waals surface area contributed by atoms with Crippen molar-refractivity contribution in [1.82, 2.24) is 4.31 Å². The summed E-state index contributed by atoms with van der Waals surface area (Å²) in [4.78, 5) is 22.7. The van der Waals surface area contributed by atoms with Crippen LogP contribution >= 0.6 is 0 Å². The summed E-state index contributed by atoms with van der Waals surface area (Å²) < 4.78 is 34.8. The molecular formula is C14H18N2O7S. The number of non-ortho nitro benzene ring substituents is 1. The number of hydrogen-bond donors (Lipinski definition) is 0. The second-order valence-electron chi connectivity index (χ2n) is 6.55. The predicted octanol–water partition coefficient (Wildman–Crippen LogP) is 2.32. The third-order valence-corrected chi connectivity index (χ3v) is 4.81. The quantitative estimate of drug-likeness (QED) is 0.588. The van der Waals surface area contributed by atoms with Gasteiger partial charge in [-0.05, 0) is 33.3 Å². The molecule has 132 valence electrons. The molecule has 0 spiro atoms. The Kier molecular flexibility index (Phi) is 4.31. The van der Waals surface area contributed by atoms with Gasteiger partial charge in [-0.2, -0.15) is 12.7 Å². The fraction of sp³-hybridized carbons (Fsp3) is 0.500. The van der Waals surface area contributed by atoms with Gasteiger partial charge in [0.15, 0.2) is 0 Å². The molecule has 1 aliphatic rings. The zero-order valence-corrected chi connectivity index (χ0v) is 14.5. The maximum absolute atomic E-state index is 12.4. The summed E-state index contributed by atoms with van der Waals surface area (Å²) >= 11 is 0. The number of nitro groups is 1. The molecule has 0 aromatic heterocycles. The van der Waals surface area contributed by atoms with E-state index in [1.54, 1.807) is 20.8 Å². The summed E-state index contributed by atoms with van der Waals surface area (Å²) in [5, 5.41) is 11.0. The summed E-state index contributed by atoms with van der Waals surface area (Å²) in [6, 6.07) is 5.39. The van der Waals surface area contributed by atoms with E-state index in [-0.39, 0.29) is 17.9 Å². The van der Waals surface area contributed by atoms with Crippen LogP contribution in [-0.2, 0) is 24.8 Å². The fourth-order valence-electron chi connectivity index (χ4n) is 2.30. The van der Waals surface area contributed by atoms with E-state index >= 15 is 0 Å². The monoisotopic (exact) mass is 358 g/mol. The van der Waals surface area contributed by atoms with Crippen LogP contribution in [0.1, 0.15) is 33.3 Å². The van der Waals surface area contributed by atoms with E-state index in [9.17, 15) is 23.3 Å². The minimum Gasteiger partial charge on any atom is -0.443 e. The number of nitro benzene ring substituents is 1. The lowest BCUT2D eigenvalue weighted by molar-refractivity contribution is -0.385. The molecule has 1 atom stereocenters. The number of hydrogen-bond acceptors (Lipinski definition) is 7. The van der Waals surface area contributed by atoms with Crippen LogP contribution in [0.4, 0.5) is 10.5 Å². The number of ether oxygens (including phenoxy) is 1. The SMILES string of the molecule is CC(C)(C)OC(=O)N1C(C)(c2cccc([N+](=O)[O-])c2)COS1(=O)=O. The van der Waals surface area contributed by atoms with Crippen molar-refractivity contribution in [2.75, 3.05) is 6.61 Å². The molecule has 1 fully saturated rings. The minimum absolute atomic E-state index is 0.220. The molecule has 0 aliphatic carbocycles. The molecule has 24 heavy (non-hydrogen) atoms. The molecule has 9 nitrogen and oxygen atoms in total. The van der Waals surface area contributed by atoms with E-state index in [1.807, 2.05) is 0 Å². The minimum atomic E-state index is -4.36. The maximum Gasteiger partial charge on any atom is 0.426 e. The summed E-state index contributed by atoms with van der Waals surface area (Å²) in [7, 11) is -4.36. The van der Waals surface area contributed by atoms with Crippen molar-refractivity contribution in [3.05, 3.63) is 39.9 Å². The molecule has 1 unspecified atom stereocenters. The lowest BCUT2D eigenvalue weighted by atomic mass is 9.92. The Bertz CT molecular complexity index is 785. The highest BCUT2D eigenvalue weighted by molar-refractivity contribution is 7.85. The van der Waals surface area contributed by atoms with Crippen LogP contribution < -0.4 is 0 Å². The second kappa shape index (κ2) is 5.71. The number of carbonyl (C=O) groups excluding carboxylic acids is 1. The van der Waals surface area contributed by atoms with Gasteiger partial charge >= 0.3 is 16.4 Å². The summed E-state index contributed by atoms with van der Waals surface area (Å²) in [5.74, 6) is 0. The molecule has 1 aromatic rings. The van der Waals surface area contributed by atoms with Crippen molar-refractivity contribution in [1.29, 1.82) is 0 Å². The van der Waals surface area contributed by atoms with Crippen molar-refractivity contribution >= 4 is 22.1 Å². The van der Waals surface area contributed by atoms with Crippen molar-refractivity contribution in [3.63, 3.8) is 0 Å². The van der Waals surface area contributed by atoms with Crippen LogP contribution in [0.5, 0.6) is 0 Å². The van der Waals surface area contributed by atoms with Crippen LogP contribution in [-0.4, -0.2) is 35.9 Å². The predicted molar refractivity (Wildman–Crippen MR) is 83.4 cm³/mol. The first-order chi connectivity index (χ1) is 10.9. The van der Waals surface area contributed by atoms with E-state index in [1.165, 1.54) is 31.2 Å². The zero-order valence-electron chi connectivity index (χ0n) is 13.7. The van der Waals surface area contributed by atoms with Gasteiger partial charge in [-0.1, -0.05) is 12.1 Å². The normalized spacial score (nSPS) is 23.1. The van der Waals surface area contributed by atoms with Gasteiger partial charge in [0.2, 0.25) is 0 Å². The summed E-state index contributed by atoms with van der Waals surface area (Å²) in [6.07, 6.45) is -1.10. The molecule has 0 saturated carbocycles. The van der Waals surface area contributed by atoms with Crippen molar-refractivity contribution in [2.24, 2.45) is 0 Å². The van der Waals surface area contributed by atoms with Crippen LogP contribution in [0.25, 0.3) is 0 Å².